The van der Waals surface area contributed by atoms with Gasteiger partial charge in [0.2, 0.25) is 0 Å². The summed E-state index contributed by atoms with van der Waals surface area (Å²) in [6.45, 7) is 0.333. The van der Waals surface area contributed by atoms with Gasteiger partial charge >= 0.3 is 0 Å². The number of hydrogen-bond donors (Lipinski definition) is 2. The molecule has 0 bridgehead atoms. The summed E-state index contributed by atoms with van der Waals surface area (Å²) in [5, 5.41) is 1.69. The lowest BCUT2D eigenvalue weighted by molar-refractivity contribution is 0.603. The number of pyridine rings is 1. The minimum absolute atomic E-state index is 0.258. The van der Waals surface area contributed by atoms with Gasteiger partial charge in [-0.25, -0.2) is 8.42 Å². The molecule has 3 rings (SSSR count). The van der Waals surface area contributed by atoms with Gasteiger partial charge < -0.3 is 5.73 Å². The molecule has 0 amide bonds. The van der Waals surface area contributed by atoms with Crippen LogP contribution in [0.4, 0.5) is 5.69 Å². The number of anilines is 1. The van der Waals surface area contributed by atoms with Gasteiger partial charge in [0.05, 0.1) is 5.69 Å². The molecule has 0 radical (unpaired) electrons. The predicted molar refractivity (Wildman–Crippen MR) is 84.8 cm³/mol. The molecule has 0 atom stereocenters. The zero-order valence-electron chi connectivity index (χ0n) is 11.0. The third-order valence-corrected chi connectivity index (χ3v) is 5.99. The molecule has 0 fully saturated rings. The molecule has 0 saturated carbocycles. The molecule has 108 valence electrons. The zero-order chi connectivity index (χ0) is 14.9. The van der Waals surface area contributed by atoms with E-state index >= 15 is 0 Å². The van der Waals surface area contributed by atoms with Gasteiger partial charge in [0.15, 0.2) is 0 Å². The largest absolute Gasteiger partial charge is 0.326 e. The molecular weight excluding hydrogens is 306 g/mol. The SMILES string of the molecule is NCc1ccc(S(=O)(=O)Nc2cccc3cnccc23)s1. The fourth-order valence-electron chi connectivity index (χ4n) is 2.02. The summed E-state index contributed by atoms with van der Waals surface area (Å²) >= 11 is 1.18. The molecule has 0 unspecified atom stereocenters. The van der Waals surface area contributed by atoms with E-state index in [4.69, 9.17) is 5.73 Å². The van der Waals surface area contributed by atoms with Crippen molar-refractivity contribution in [3.8, 4) is 0 Å². The monoisotopic (exact) mass is 319 g/mol. The first-order valence-corrected chi connectivity index (χ1v) is 8.54. The number of hydrogen-bond acceptors (Lipinski definition) is 5. The van der Waals surface area contributed by atoms with Crippen LogP contribution in [0, 0.1) is 0 Å². The van der Waals surface area contributed by atoms with Crippen LogP contribution in [0.5, 0.6) is 0 Å². The van der Waals surface area contributed by atoms with Crippen molar-refractivity contribution in [1.82, 2.24) is 4.98 Å². The van der Waals surface area contributed by atoms with E-state index in [0.717, 1.165) is 15.6 Å². The lowest BCUT2D eigenvalue weighted by Crippen LogP contribution is -2.11. The Balaban J connectivity index is 2.01. The summed E-state index contributed by atoms with van der Waals surface area (Å²) in [6.07, 6.45) is 3.34. The lowest BCUT2D eigenvalue weighted by Gasteiger charge is -2.09. The second-order valence-electron chi connectivity index (χ2n) is 4.43. The molecule has 2 aromatic heterocycles. The van der Waals surface area contributed by atoms with Crippen molar-refractivity contribution in [2.24, 2.45) is 5.73 Å². The molecule has 0 aliphatic carbocycles. The van der Waals surface area contributed by atoms with Crippen molar-refractivity contribution < 1.29 is 8.42 Å². The van der Waals surface area contributed by atoms with Gasteiger partial charge in [-0.3, -0.25) is 9.71 Å². The molecule has 0 aliphatic rings. The molecule has 0 saturated heterocycles. The van der Waals surface area contributed by atoms with Gasteiger partial charge in [-0.05, 0) is 24.3 Å². The van der Waals surface area contributed by atoms with E-state index in [1.165, 1.54) is 11.3 Å². The fourth-order valence-corrected chi connectivity index (χ4v) is 4.33. The molecule has 0 spiro atoms. The van der Waals surface area contributed by atoms with E-state index in [1.807, 2.05) is 6.07 Å². The predicted octanol–water partition coefficient (Wildman–Crippen LogP) is 2.56. The van der Waals surface area contributed by atoms with Gasteiger partial charge in [-0.1, -0.05) is 12.1 Å². The van der Waals surface area contributed by atoms with Crippen molar-refractivity contribution in [3.05, 3.63) is 53.7 Å². The standard InChI is InChI=1S/C14H13N3O2S2/c15-8-11-4-5-14(20-11)21(18,19)17-13-3-1-2-10-9-16-7-6-12(10)13/h1-7,9,17H,8,15H2. The Morgan fingerprint density at radius 2 is 2.05 bits per heavy atom. The van der Waals surface area contributed by atoms with Crippen LogP contribution in [0.3, 0.4) is 0 Å². The van der Waals surface area contributed by atoms with Crippen molar-refractivity contribution in [1.29, 1.82) is 0 Å². The molecule has 7 heteroatoms. The van der Waals surface area contributed by atoms with Crippen LogP contribution in [0.15, 0.2) is 53.0 Å². The maximum Gasteiger partial charge on any atom is 0.271 e. The van der Waals surface area contributed by atoms with Gasteiger partial charge in [0.25, 0.3) is 10.0 Å². The number of rotatable bonds is 4. The summed E-state index contributed by atoms with van der Waals surface area (Å²) in [7, 11) is -3.60. The average molecular weight is 319 g/mol. The summed E-state index contributed by atoms with van der Waals surface area (Å²) in [4.78, 5) is 4.86. The lowest BCUT2D eigenvalue weighted by atomic mass is 10.1. The number of benzene rings is 1. The molecule has 21 heavy (non-hydrogen) atoms. The van der Waals surface area contributed by atoms with Crippen LogP contribution in [0.1, 0.15) is 4.88 Å². The topological polar surface area (TPSA) is 85.1 Å². The van der Waals surface area contributed by atoms with Crippen molar-refractivity contribution >= 4 is 37.8 Å². The number of aromatic nitrogens is 1. The van der Waals surface area contributed by atoms with E-state index in [0.29, 0.717) is 12.2 Å². The molecule has 3 N–H and O–H groups in total. The first kappa shape index (κ1) is 14.0. The number of nitrogens with two attached hydrogens (primary N) is 1. The van der Waals surface area contributed by atoms with Crippen LogP contribution in [0.2, 0.25) is 0 Å². The highest BCUT2D eigenvalue weighted by Gasteiger charge is 2.17. The third-order valence-electron chi connectivity index (χ3n) is 3.03. The second kappa shape index (κ2) is 5.44. The van der Waals surface area contributed by atoms with Crippen molar-refractivity contribution in [3.63, 3.8) is 0 Å². The molecule has 1 aromatic carbocycles. The maximum atomic E-state index is 12.4. The molecule has 0 aliphatic heterocycles. The van der Waals surface area contributed by atoms with E-state index in [2.05, 4.69) is 9.71 Å². The third kappa shape index (κ3) is 2.76. The summed E-state index contributed by atoms with van der Waals surface area (Å²) in [5.74, 6) is 0. The highest BCUT2D eigenvalue weighted by molar-refractivity contribution is 7.94. The van der Waals surface area contributed by atoms with E-state index < -0.39 is 10.0 Å². The van der Waals surface area contributed by atoms with Crippen LogP contribution < -0.4 is 10.5 Å². The Kier molecular flexibility index (Phi) is 3.62. The minimum Gasteiger partial charge on any atom is -0.326 e. The first-order valence-electron chi connectivity index (χ1n) is 6.24. The van der Waals surface area contributed by atoms with Crippen molar-refractivity contribution in [2.75, 3.05) is 4.72 Å². The first-order chi connectivity index (χ1) is 10.1. The number of thiophene rings is 1. The number of nitrogens with one attached hydrogen (secondary N) is 1. The number of fused-ring (bicyclic) bond motifs is 1. The summed E-state index contributed by atoms with van der Waals surface area (Å²) < 4.78 is 27.7. The van der Waals surface area contributed by atoms with Crippen molar-refractivity contribution in [2.45, 2.75) is 10.8 Å². The zero-order valence-corrected chi connectivity index (χ0v) is 12.6. The van der Waals surface area contributed by atoms with E-state index in [-0.39, 0.29) is 4.21 Å². The quantitative estimate of drug-likeness (QED) is 0.774. The summed E-state index contributed by atoms with van der Waals surface area (Å²) in [5.41, 5.74) is 6.06. The second-order valence-corrected chi connectivity index (χ2v) is 7.51. The Morgan fingerprint density at radius 1 is 1.19 bits per heavy atom. The maximum absolute atomic E-state index is 12.4. The van der Waals surface area contributed by atoms with Crippen LogP contribution in [-0.4, -0.2) is 13.4 Å². The van der Waals surface area contributed by atoms with Gasteiger partial charge in [0, 0.05) is 34.6 Å². The molecule has 2 heterocycles. The Morgan fingerprint density at radius 3 is 2.81 bits per heavy atom. The smallest absolute Gasteiger partial charge is 0.271 e. The molecular formula is C14H13N3O2S2. The van der Waals surface area contributed by atoms with Gasteiger partial charge in [-0.2, -0.15) is 0 Å². The van der Waals surface area contributed by atoms with E-state index in [1.54, 1.807) is 42.7 Å². The van der Waals surface area contributed by atoms with Gasteiger partial charge in [-0.15, -0.1) is 11.3 Å². The van der Waals surface area contributed by atoms with Crippen LogP contribution in [0.25, 0.3) is 10.8 Å². The van der Waals surface area contributed by atoms with Crippen LogP contribution in [-0.2, 0) is 16.6 Å². The highest BCUT2D eigenvalue weighted by Crippen LogP contribution is 2.27. The normalized spacial score (nSPS) is 11.7. The Labute approximate surface area is 126 Å². The minimum atomic E-state index is -3.60. The number of nitrogens with zero attached hydrogens (tertiary/aromatic N) is 1. The van der Waals surface area contributed by atoms with E-state index in [9.17, 15) is 8.42 Å². The summed E-state index contributed by atoms with van der Waals surface area (Å²) in [6, 6.07) is 10.5. The highest BCUT2D eigenvalue weighted by atomic mass is 32.2. The average Bonchev–Trinajstić information content (AvgIpc) is 2.97. The molecule has 3 aromatic rings. The Bertz CT molecular complexity index is 883. The Hall–Kier alpha value is -1.96. The fraction of sp³-hybridized carbons (Fsp3) is 0.0714. The number of sulfonamides is 1. The van der Waals surface area contributed by atoms with Crippen LogP contribution >= 0.6 is 11.3 Å². The van der Waals surface area contributed by atoms with Gasteiger partial charge in [0.1, 0.15) is 4.21 Å². The molecule has 5 nitrogen and oxygen atoms in total.